The number of anilines is 1. The van der Waals surface area contributed by atoms with Crippen molar-refractivity contribution in [3.8, 4) is 5.75 Å². The molecule has 2 aromatic rings. The van der Waals surface area contributed by atoms with Gasteiger partial charge in [0.05, 0.1) is 6.04 Å². The molecular formula is C17H18N2O3. The van der Waals surface area contributed by atoms with Crippen LogP contribution in [0.1, 0.15) is 12.5 Å². The first-order valence-electron chi connectivity index (χ1n) is 6.93. The van der Waals surface area contributed by atoms with Crippen LogP contribution in [0.25, 0.3) is 0 Å². The maximum Gasteiger partial charge on any atom is 0.308 e. The molecule has 2 rings (SSSR count). The first kappa shape index (κ1) is 15.7. The lowest BCUT2D eigenvalue weighted by Crippen LogP contribution is -2.37. The molecule has 2 aromatic carbocycles. The minimum Gasteiger partial charge on any atom is -0.427 e. The highest BCUT2D eigenvalue weighted by atomic mass is 16.5. The van der Waals surface area contributed by atoms with E-state index in [1.54, 1.807) is 24.3 Å². The Bertz CT molecular complexity index is 639. The highest BCUT2D eigenvalue weighted by molar-refractivity contribution is 5.94. The molecule has 0 aliphatic heterocycles. The Morgan fingerprint density at radius 2 is 1.73 bits per heavy atom. The molecule has 5 heteroatoms. The van der Waals surface area contributed by atoms with Crippen molar-refractivity contribution >= 4 is 17.6 Å². The lowest BCUT2D eigenvalue weighted by molar-refractivity contribution is -0.131. The standard InChI is InChI=1S/C17H18N2O3/c1-12(20)22-15-9-7-14(8-10-15)19-17(21)16(18)11-13-5-3-2-4-6-13/h2-10,16H,11,18H2,1H3,(H,19,21)/t16-/m0/s1. The number of benzene rings is 2. The van der Waals surface area contributed by atoms with Gasteiger partial charge in [-0.3, -0.25) is 9.59 Å². The topological polar surface area (TPSA) is 81.4 Å². The Labute approximate surface area is 129 Å². The minimum atomic E-state index is -0.629. The lowest BCUT2D eigenvalue weighted by Gasteiger charge is -2.12. The molecule has 1 atom stereocenters. The Morgan fingerprint density at radius 1 is 1.09 bits per heavy atom. The van der Waals surface area contributed by atoms with Crippen molar-refractivity contribution in [3.05, 3.63) is 60.2 Å². The predicted octanol–water partition coefficient (Wildman–Crippen LogP) is 2.12. The van der Waals surface area contributed by atoms with Crippen LogP contribution in [0, 0.1) is 0 Å². The Kier molecular flexibility index (Phi) is 5.27. The molecule has 0 saturated heterocycles. The Hall–Kier alpha value is -2.66. The first-order chi connectivity index (χ1) is 10.5. The SMILES string of the molecule is CC(=O)Oc1ccc(NC(=O)[C@@H](N)Cc2ccccc2)cc1. The summed E-state index contributed by atoms with van der Waals surface area (Å²) in [4.78, 5) is 22.9. The first-order valence-corrected chi connectivity index (χ1v) is 6.93. The van der Waals surface area contributed by atoms with Crippen molar-refractivity contribution in [2.45, 2.75) is 19.4 Å². The molecule has 0 spiro atoms. The number of amides is 1. The summed E-state index contributed by atoms with van der Waals surface area (Å²) in [6.07, 6.45) is 0.470. The van der Waals surface area contributed by atoms with Crippen molar-refractivity contribution in [1.29, 1.82) is 0 Å². The summed E-state index contributed by atoms with van der Waals surface area (Å²) in [5.74, 6) is -0.218. The fourth-order valence-corrected chi connectivity index (χ4v) is 1.97. The smallest absolute Gasteiger partial charge is 0.308 e. The second-order valence-electron chi connectivity index (χ2n) is 4.90. The maximum atomic E-state index is 12.1. The zero-order valence-electron chi connectivity index (χ0n) is 12.3. The average molecular weight is 298 g/mol. The summed E-state index contributed by atoms with van der Waals surface area (Å²) in [7, 11) is 0. The molecule has 0 bridgehead atoms. The molecule has 0 aliphatic carbocycles. The third kappa shape index (κ3) is 4.71. The number of carbonyl (C=O) groups is 2. The van der Waals surface area contributed by atoms with Gasteiger partial charge in [-0.05, 0) is 36.2 Å². The second-order valence-corrected chi connectivity index (χ2v) is 4.90. The molecular weight excluding hydrogens is 280 g/mol. The zero-order valence-corrected chi connectivity index (χ0v) is 12.3. The van der Waals surface area contributed by atoms with E-state index in [1.165, 1.54) is 6.92 Å². The third-order valence-electron chi connectivity index (χ3n) is 3.02. The minimum absolute atomic E-state index is 0.260. The van der Waals surface area contributed by atoms with Gasteiger partial charge in [0.1, 0.15) is 5.75 Å². The van der Waals surface area contributed by atoms with Gasteiger partial charge in [0.2, 0.25) is 5.91 Å². The number of esters is 1. The van der Waals surface area contributed by atoms with E-state index in [-0.39, 0.29) is 11.9 Å². The van der Waals surface area contributed by atoms with E-state index < -0.39 is 6.04 Å². The van der Waals surface area contributed by atoms with Crippen LogP contribution < -0.4 is 15.8 Å². The summed E-state index contributed by atoms with van der Waals surface area (Å²) in [5, 5.41) is 2.74. The van der Waals surface area contributed by atoms with Crippen LogP contribution in [-0.2, 0) is 16.0 Å². The van der Waals surface area contributed by atoms with Crippen molar-refractivity contribution in [2.24, 2.45) is 5.73 Å². The van der Waals surface area contributed by atoms with E-state index in [2.05, 4.69) is 5.32 Å². The highest BCUT2D eigenvalue weighted by Gasteiger charge is 2.14. The van der Waals surface area contributed by atoms with Gasteiger partial charge < -0.3 is 15.8 Å². The fraction of sp³-hybridized carbons (Fsp3) is 0.176. The molecule has 0 unspecified atom stereocenters. The maximum absolute atomic E-state index is 12.1. The van der Waals surface area contributed by atoms with E-state index in [4.69, 9.17) is 10.5 Å². The van der Waals surface area contributed by atoms with Crippen LogP contribution >= 0.6 is 0 Å². The van der Waals surface area contributed by atoms with Gasteiger partial charge in [0, 0.05) is 12.6 Å². The third-order valence-corrected chi connectivity index (χ3v) is 3.02. The van der Waals surface area contributed by atoms with Crippen molar-refractivity contribution in [1.82, 2.24) is 0 Å². The summed E-state index contributed by atoms with van der Waals surface area (Å²) < 4.78 is 4.92. The second kappa shape index (κ2) is 7.38. The normalized spacial score (nSPS) is 11.5. The van der Waals surface area contributed by atoms with Crippen LogP contribution in [0.2, 0.25) is 0 Å². The Balaban J connectivity index is 1.92. The van der Waals surface area contributed by atoms with Gasteiger partial charge >= 0.3 is 5.97 Å². The molecule has 0 aromatic heterocycles. The molecule has 22 heavy (non-hydrogen) atoms. The monoisotopic (exact) mass is 298 g/mol. The fourth-order valence-electron chi connectivity index (χ4n) is 1.97. The molecule has 114 valence electrons. The van der Waals surface area contributed by atoms with Gasteiger partial charge in [-0.1, -0.05) is 30.3 Å². The van der Waals surface area contributed by atoms with Crippen molar-refractivity contribution in [2.75, 3.05) is 5.32 Å². The number of rotatable bonds is 5. The van der Waals surface area contributed by atoms with Gasteiger partial charge in [-0.2, -0.15) is 0 Å². The van der Waals surface area contributed by atoms with Gasteiger partial charge in [0.25, 0.3) is 0 Å². The van der Waals surface area contributed by atoms with Crippen molar-refractivity contribution in [3.63, 3.8) is 0 Å². The number of nitrogens with one attached hydrogen (secondary N) is 1. The predicted molar refractivity (Wildman–Crippen MR) is 84.5 cm³/mol. The number of ether oxygens (including phenoxy) is 1. The zero-order chi connectivity index (χ0) is 15.9. The molecule has 0 saturated carbocycles. The van der Waals surface area contributed by atoms with Gasteiger partial charge in [-0.25, -0.2) is 0 Å². The summed E-state index contributed by atoms with van der Waals surface area (Å²) in [5.41, 5.74) is 7.52. The summed E-state index contributed by atoms with van der Waals surface area (Å²) >= 11 is 0. The van der Waals surface area contributed by atoms with E-state index in [9.17, 15) is 9.59 Å². The van der Waals surface area contributed by atoms with E-state index in [0.717, 1.165) is 5.56 Å². The largest absolute Gasteiger partial charge is 0.427 e. The lowest BCUT2D eigenvalue weighted by atomic mass is 10.1. The van der Waals surface area contributed by atoms with Crippen molar-refractivity contribution < 1.29 is 14.3 Å². The van der Waals surface area contributed by atoms with E-state index >= 15 is 0 Å². The number of carbonyl (C=O) groups excluding carboxylic acids is 2. The number of hydrogen-bond acceptors (Lipinski definition) is 4. The van der Waals surface area contributed by atoms with Gasteiger partial charge in [0.15, 0.2) is 0 Å². The number of hydrogen-bond donors (Lipinski definition) is 2. The van der Waals surface area contributed by atoms with Gasteiger partial charge in [-0.15, -0.1) is 0 Å². The van der Waals surface area contributed by atoms with Crippen LogP contribution in [-0.4, -0.2) is 17.9 Å². The summed E-state index contributed by atoms with van der Waals surface area (Å²) in [6.45, 7) is 1.33. The molecule has 0 radical (unpaired) electrons. The molecule has 1 amide bonds. The molecule has 0 fully saturated rings. The average Bonchev–Trinajstić information content (AvgIpc) is 2.49. The molecule has 3 N–H and O–H groups in total. The Morgan fingerprint density at radius 3 is 2.32 bits per heavy atom. The number of nitrogens with two attached hydrogens (primary N) is 1. The van der Waals surface area contributed by atoms with E-state index in [0.29, 0.717) is 17.9 Å². The summed E-state index contributed by atoms with van der Waals surface area (Å²) in [6, 6.07) is 15.5. The van der Waals surface area contributed by atoms with Crippen LogP contribution in [0.5, 0.6) is 5.75 Å². The molecule has 5 nitrogen and oxygen atoms in total. The van der Waals surface area contributed by atoms with E-state index in [1.807, 2.05) is 30.3 Å². The quantitative estimate of drug-likeness (QED) is 0.654. The highest BCUT2D eigenvalue weighted by Crippen LogP contribution is 2.16. The van der Waals surface area contributed by atoms with Crippen LogP contribution in [0.15, 0.2) is 54.6 Å². The molecule has 0 heterocycles. The van der Waals surface area contributed by atoms with Crippen LogP contribution in [0.3, 0.4) is 0 Å². The molecule has 0 aliphatic rings. The van der Waals surface area contributed by atoms with Crippen LogP contribution in [0.4, 0.5) is 5.69 Å².